The number of hydrogen-bond acceptors (Lipinski definition) is 3. The minimum absolute atomic E-state index is 0.0556. The van der Waals surface area contributed by atoms with Crippen molar-refractivity contribution in [3.63, 3.8) is 0 Å². The summed E-state index contributed by atoms with van der Waals surface area (Å²) < 4.78 is 66.0. The first-order valence-corrected chi connectivity index (χ1v) is 11.5. The van der Waals surface area contributed by atoms with Crippen LogP contribution in [0.1, 0.15) is 21.6 Å². The van der Waals surface area contributed by atoms with E-state index in [0.717, 1.165) is 32.9 Å². The van der Waals surface area contributed by atoms with E-state index >= 15 is 0 Å². The summed E-state index contributed by atoms with van der Waals surface area (Å²) >= 11 is 5.92. The molecule has 1 saturated heterocycles. The minimum atomic E-state index is -4.70. The van der Waals surface area contributed by atoms with Crippen LogP contribution in [0.2, 0.25) is 5.02 Å². The predicted octanol–water partition coefficient (Wildman–Crippen LogP) is 4.30. The van der Waals surface area contributed by atoms with Gasteiger partial charge in [0, 0.05) is 37.1 Å². The third-order valence-corrected chi connectivity index (χ3v) is 7.79. The summed E-state index contributed by atoms with van der Waals surface area (Å²) in [5, 5.41) is 0.610. The van der Waals surface area contributed by atoms with Crippen molar-refractivity contribution in [3.05, 3.63) is 64.3 Å². The number of aromatic amines is 1. The molecule has 0 bridgehead atoms. The van der Waals surface area contributed by atoms with E-state index in [1.54, 1.807) is 6.07 Å². The molecule has 1 N–H and O–H groups in total. The number of alkyl halides is 3. The van der Waals surface area contributed by atoms with Crippen LogP contribution in [0.15, 0.2) is 47.4 Å². The first kappa shape index (κ1) is 22.6. The number of sulfonamides is 1. The molecule has 1 amide bonds. The zero-order valence-corrected chi connectivity index (χ0v) is 18.5. The zero-order chi connectivity index (χ0) is 23.3. The van der Waals surface area contributed by atoms with Crippen molar-refractivity contribution in [2.45, 2.75) is 18.0 Å². The fraction of sp³-hybridized carbons (Fsp3) is 0.286. The second-order valence-corrected chi connectivity index (χ2v) is 9.93. The maximum absolute atomic E-state index is 13.0. The van der Waals surface area contributed by atoms with Crippen molar-refractivity contribution >= 4 is 38.4 Å². The van der Waals surface area contributed by atoms with Gasteiger partial charge in [0.05, 0.1) is 10.6 Å². The number of hydrogen-bond donors (Lipinski definition) is 1. The summed E-state index contributed by atoms with van der Waals surface area (Å²) in [5.41, 5.74) is 1.17. The lowest BCUT2D eigenvalue weighted by Gasteiger charge is -2.34. The fourth-order valence-corrected chi connectivity index (χ4v) is 5.61. The van der Waals surface area contributed by atoms with Gasteiger partial charge in [-0.05, 0) is 43.3 Å². The Morgan fingerprint density at radius 3 is 2.38 bits per heavy atom. The van der Waals surface area contributed by atoms with Crippen molar-refractivity contribution in [1.29, 1.82) is 0 Å². The number of amides is 1. The van der Waals surface area contributed by atoms with Crippen LogP contribution < -0.4 is 0 Å². The maximum atomic E-state index is 13.0. The van der Waals surface area contributed by atoms with E-state index in [2.05, 4.69) is 4.98 Å². The van der Waals surface area contributed by atoms with Gasteiger partial charge in [-0.1, -0.05) is 23.2 Å². The third-order valence-electron chi connectivity index (χ3n) is 5.41. The highest BCUT2D eigenvalue weighted by molar-refractivity contribution is 7.89. The van der Waals surface area contributed by atoms with Gasteiger partial charge >= 0.3 is 6.18 Å². The Labute approximate surface area is 187 Å². The number of nitrogens with one attached hydrogen (secondary N) is 1. The molecule has 0 saturated carbocycles. The molecule has 1 fully saturated rings. The zero-order valence-electron chi connectivity index (χ0n) is 16.9. The van der Waals surface area contributed by atoms with Gasteiger partial charge in [0.2, 0.25) is 10.0 Å². The fourth-order valence-electron chi connectivity index (χ4n) is 3.69. The van der Waals surface area contributed by atoms with Crippen molar-refractivity contribution in [2.24, 2.45) is 0 Å². The molecule has 3 aromatic rings. The topological polar surface area (TPSA) is 73.5 Å². The number of aryl methyl sites for hydroxylation is 1. The van der Waals surface area contributed by atoms with Crippen LogP contribution in [0, 0.1) is 6.92 Å². The van der Waals surface area contributed by atoms with Gasteiger partial charge in [0.25, 0.3) is 5.91 Å². The van der Waals surface area contributed by atoms with Gasteiger partial charge in [-0.15, -0.1) is 0 Å². The van der Waals surface area contributed by atoms with Crippen molar-refractivity contribution in [1.82, 2.24) is 14.2 Å². The highest BCUT2D eigenvalue weighted by atomic mass is 35.5. The first-order chi connectivity index (χ1) is 15.0. The largest absolute Gasteiger partial charge is 0.416 e. The second-order valence-electron chi connectivity index (χ2n) is 7.61. The molecule has 0 spiro atoms. The first-order valence-electron chi connectivity index (χ1n) is 9.72. The van der Waals surface area contributed by atoms with Gasteiger partial charge in [-0.2, -0.15) is 17.5 Å². The summed E-state index contributed by atoms with van der Waals surface area (Å²) in [7, 11) is -4.26. The summed E-state index contributed by atoms with van der Waals surface area (Å²) in [6, 6.07) is 9.71. The van der Waals surface area contributed by atoms with Crippen molar-refractivity contribution in [3.8, 4) is 0 Å². The SMILES string of the molecule is Cc1ccc2[nH]c(C(=O)N3CCN(S(=O)(=O)c4cc(C(F)(F)F)ccc4Cl)CC3)cc2c1. The lowest BCUT2D eigenvalue weighted by molar-refractivity contribution is -0.137. The molecular weight excluding hydrogens is 467 g/mol. The molecule has 1 aliphatic rings. The van der Waals surface area contributed by atoms with Gasteiger partial charge in [-0.25, -0.2) is 8.42 Å². The molecule has 2 aromatic carbocycles. The average molecular weight is 486 g/mol. The minimum Gasteiger partial charge on any atom is -0.351 e. The molecule has 170 valence electrons. The molecule has 1 aliphatic heterocycles. The smallest absolute Gasteiger partial charge is 0.351 e. The van der Waals surface area contributed by atoms with Crippen LogP contribution in [0.5, 0.6) is 0 Å². The highest BCUT2D eigenvalue weighted by Crippen LogP contribution is 2.34. The Bertz CT molecular complexity index is 1300. The molecule has 32 heavy (non-hydrogen) atoms. The lowest BCUT2D eigenvalue weighted by Crippen LogP contribution is -2.50. The molecule has 0 unspecified atom stereocenters. The Hall–Kier alpha value is -2.56. The van der Waals surface area contributed by atoms with Crippen LogP contribution >= 0.6 is 11.6 Å². The number of nitrogens with zero attached hydrogens (tertiary/aromatic N) is 2. The van der Waals surface area contributed by atoms with Crippen molar-refractivity contribution in [2.75, 3.05) is 26.2 Å². The molecule has 6 nitrogen and oxygen atoms in total. The van der Waals surface area contributed by atoms with E-state index in [9.17, 15) is 26.4 Å². The molecule has 0 atom stereocenters. The van der Waals surface area contributed by atoms with Gasteiger partial charge in [0.1, 0.15) is 10.6 Å². The number of carbonyl (C=O) groups is 1. The van der Waals surface area contributed by atoms with Crippen LogP contribution in [0.25, 0.3) is 10.9 Å². The number of H-pyrrole nitrogens is 1. The van der Waals surface area contributed by atoms with Gasteiger partial charge in [-0.3, -0.25) is 4.79 Å². The molecule has 0 radical (unpaired) electrons. The number of fused-ring (bicyclic) bond motifs is 1. The van der Waals surface area contributed by atoms with E-state index in [4.69, 9.17) is 11.6 Å². The monoisotopic (exact) mass is 485 g/mol. The molecule has 11 heteroatoms. The van der Waals surface area contributed by atoms with E-state index in [-0.39, 0.29) is 37.1 Å². The molecule has 0 aliphatic carbocycles. The number of carbonyl (C=O) groups excluding carboxylic acids is 1. The molecule has 4 rings (SSSR count). The number of benzene rings is 2. The lowest BCUT2D eigenvalue weighted by atomic mass is 10.2. The summed E-state index contributed by atoms with van der Waals surface area (Å²) in [4.78, 5) is 16.9. The van der Waals surface area contributed by atoms with E-state index in [1.165, 1.54) is 4.90 Å². The second kappa shape index (κ2) is 8.09. The van der Waals surface area contributed by atoms with Gasteiger partial charge in [0.15, 0.2) is 0 Å². The molecule has 2 heterocycles. The average Bonchev–Trinajstić information content (AvgIpc) is 3.15. The van der Waals surface area contributed by atoms with Crippen LogP contribution in [-0.2, 0) is 16.2 Å². The summed E-state index contributed by atoms with van der Waals surface area (Å²) in [5.74, 6) is -0.270. The number of halogens is 4. The Morgan fingerprint density at radius 2 is 1.72 bits per heavy atom. The molecular formula is C21H19ClF3N3O3S. The highest BCUT2D eigenvalue weighted by Gasteiger charge is 2.36. The third kappa shape index (κ3) is 4.22. The Balaban J connectivity index is 1.51. The van der Waals surface area contributed by atoms with E-state index < -0.39 is 26.7 Å². The Morgan fingerprint density at radius 1 is 1.03 bits per heavy atom. The van der Waals surface area contributed by atoms with Crippen molar-refractivity contribution < 1.29 is 26.4 Å². The van der Waals surface area contributed by atoms with Crippen LogP contribution in [-0.4, -0.2) is 54.7 Å². The predicted molar refractivity (Wildman–Crippen MR) is 114 cm³/mol. The normalized spacial score (nSPS) is 16.0. The standard InChI is InChI=1S/C21H19ClF3N3O3S/c1-13-2-5-17-14(10-13)11-18(26-17)20(29)27-6-8-28(9-7-27)32(30,31)19-12-15(21(23,24)25)3-4-16(19)22/h2-5,10-12,26H,6-9H2,1H3. The Kier molecular flexibility index (Phi) is 5.72. The van der Waals surface area contributed by atoms with Gasteiger partial charge < -0.3 is 9.88 Å². The number of aromatic nitrogens is 1. The van der Waals surface area contributed by atoms with Crippen LogP contribution in [0.4, 0.5) is 13.2 Å². The number of piperazine rings is 1. The maximum Gasteiger partial charge on any atom is 0.416 e. The summed E-state index contributed by atoms with van der Waals surface area (Å²) in [6.07, 6.45) is -4.70. The number of rotatable bonds is 3. The van der Waals surface area contributed by atoms with Crippen LogP contribution in [0.3, 0.4) is 0 Å². The molecule has 1 aromatic heterocycles. The summed E-state index contributed by atoms with van der Waals surface area (Å²) in [6.45, 7) is 2.04. The quantitative estimate of drug-likeness (QED) is 0.601. The van der Waals surface area contributed by atoms with E-state index in [0.29, 0.717) is 11.8 Å². The van der Waals surface area contributed by atoms with E-state index in [1.807, 2.05) is 25.1 Å².